The number of hydrogen-bond donors (Lipinski definition) is 1. The van der Waals surface area contributed by atoms with E-state index >= 15 is 0 Å². The molecule has 20 heavy (non-hydrogen) atoms. The summed E-state index contributed by atoms with van der Waals surface area (Å²) in [5.41, 5.74) is 1.97. The molecule has 0 spiro atoms. The fourth-order valence-electron chi connectivity index (χ4n) is 2.13. The van der Waals surface area contributed by atoms with Crippen molar-refractivity contribution in [1.29, 1.82) is 0 Å². The quantitative estimate of drug-likeness (QED) is 0.867. The molecular weight excluding hydrogens is 317 g/mol. The Morgan fingerprint density at radius 2 is 1.95 bits per heavy atom. The fraction of sp³-hybridized carbons (Fsp3) is 0.538. The van der Waals surface area contributed by atoms with Crippen LogP contribution >= 0.6 is 34.9 Å². The lowest BCUT2D eigenvalue weighted by Gasteiger charge is -2.27. The van der Waals surface area contributed by atoms with E-state index in [1.807, 2.05) is 0 Å². The van der Waals surface area contributed by atoms with Gasteiger partial charge in [0.1, 0.15) is 11.0 Å². The molecule has 2 aromatic rings. The monoisotopic (exact) mass is 333 g/mol. The van der Waals surface area contributed by atoms with Crippen LogP contribution in [-0.4, -0.2) is 27.5 Å². The molecule has 0 amide bonds. The molecule has 1 N–H and O–H groups in total. The number of nitrogens with one attached hydrogen (secondary N) is 1. The number of aromatic nitrogens is 2. The fourth-order valence-corrected chi connectivity index (χ4v) is 3.30. The molecule has 1 aromatic carbocycles. The Kier molecular flexibility index (Phi) is 4.74. The number of nitrogens with zero attached hydrogens (tertiary/aromatic N) is 2. The second kappa shape index (κ2) is 6.02. The molecule has 1 atom stereocenters. The maximum Gasteiger partial charge on any atom is 0.130 e. The van der Waals surface area contributed by atoms with E-state index in [1.165, 1.54) is 0 Å². The largest absolute Gasteiger partial charge is 0.379 e. The average molecular weight is 334 g/mol. The number of rotatable bonds is 5. The Balaban J connectivity index is 2.28. The molecule has 7 heteroatoms. The molecule has 1 unspecified atom stereocenters. The van der Waals surface area contributed by atoms with Crippen LogP contribution in [0.25, 0.3) is 11.0 Å². The van der Waals surface area contributed by atoms with E-state index in [0.29, 0.717) is 15.6 Å². The van der Waals surface area contributed by atoms with Gasteiger partial charge in [0.05, 0.1) is 33.1 Å². The third-order valence-electron chi connectivity index (χ3n) is 3.18. The molecule has 0 bridgehead atoms. The van der Waals surface area contributed by atoms with Crippen molar-refractivity contribution in [2.24, 2.45) is 0 Å². The molecule has 0 radical (unpaired) electrons. The number of anilines is 1. The summed E-state index contributed by atoms with van der Waals surface area (Å²) < 4.78 is 13.9. The van der Waals surface area contributed by atoms with Crippen LogP contribution in [0.3, 0.4) is 0 Å². The average Bonchev–Trinajstić information content (AvgIpc) is 2.83. The summed E-state index contributed by atoms with van der Waals surface area (Å²) in [6.45, 7) is 6.18. The molecule has 4 nitrogen and oxygen atoms in total. The summed E-state index contributed by atoms with van der Waals surface area (Å²) in [6.07, 6.45) is 0.835. The normalized spacial score (nSPS) is 13.7. The number of methoxy groups -OCH3 is 1. The van der Waals surface area contributed by atoms with Crippen molar-refractivity contribution in [3.05, 3.63) is 16.1 Å². The number of hydrogen-bond acceptors (Lipinski definition) is 5. The van der Waals surface area contributed by atoms with Crippen molar-refractivity contribution >= 4 is 51.7 Å². The second-order valence-electron chi connectivity index (χ2n) is 5.39. The van der Waals surface area contributed by atoms with Gasteiger partial charge in [-0.25, -0.2) is 0 Å². The Morgan fingerprint density at radius 1 is 1.30 bits per heavy atom. The molecule has 2 rings (SSSR count). The van der Waals surface area contributed by atoms with Gasteiger partial charge in [-0.2, -0.15) is 8.75 Å². The standard InChI is InChI=1S/C13H17Cl2N3OS/c1-7(6-13(2,3)19-4)16-10-8(14)5-9(15)11-12(10)18-20-17-11/h5,7,16H,6H2,1-4H3. The molecule has 110 valence electrons. The third kappa shape index (κ3) is 3.34. The van der Waals surface area contributed by atoms with Gasteiger partial charge in [0.25, 0.3) is 0 Å². The minimum atomic E-state index is -0.204. The van der Waals surface area contributed by atoms with Crippen molar-refractivity contribution in [3.8, 4) is 0 Å². The van der Waals surface area contributed by atoms with Gasteiger partial charge >= 0.3 is 0 Å². The van der Waals surface area contributed by atoms with Gasteiger partial charge in [-0.1, -0.05) is 23.2 Å². The zero-order valence-electron chi connectivity index (χ0n) is 11.8. The Morgan fingerprint density at radius 3 is 2.60 bits per heavy atom. The zero-order chi connectivity index (χ0) is 14.9. The Bertz CT molecular complexity index is 615. The predicted octanol–water partition coefficient (Wildman–Crippen LogP) is 4.61. The van der Waals surface area contributed by atoms with Gasteiger partial charge in [-0.05, 0) is 33.3 Å². The summed E-state index contributed by atoms with van der Waals surface area (Å²) in [6, 6.07) is 1.87. The molecule has 0 saturated carbocycles. The minimum Gasteiger partial charge on any atom is -0.379 e. The summed E-state index contributed by atoms with van der Waals surface area (Å²) in [4.78, 5) is 0. The van der Waals surface area contributed by atoms with Gasteiger partial charge in [0, 0.05) is 13.2 Å². The van der Waals surface area contributed by atoms with Gasteiger partial charge in [-0.3, -0.25) is 0 Å². The van der Waals surface area contributed by atoms with Gasteiger partial charge < -0.3 is 10.1 Å². The maximum atomic E-state index is 6.27. The topological polar surface area (TPSA) is 47.0 Å². The molecule has 0 aliphatic carbocycles. The van der Waals surface area contributed by atoms with Crippen LogP contribution < -0.4 is 5.32 Å². The number of benzene rings is 1. The van der Waals surface area contributed by atoms with Crippen molar-refractivity contribution in [3.63, 3.8) is 0 Å². The van der Waals surface area contributed by atoms with Crippen LogP contribution in [0.5, 0.6) is 0 Å². The second-order valence-corrected chi connectivity index (χ2v) is 6.73. The minimum absolute atomic E-state index is 0.175. The van der Waals surface area contributed by atoms with Crippen molar-refractivity contribution in [2.75, 3.05) is 12.4 Å². The lowest BCUT2D eigenvalue weighted by Crippen LogP contribution is -2.31. The number of fused-ring (bicyclic) bond motifs is 1. The first kappa shape index (κ1) is 15.8. The molecule has 1 heterocycles. The van der Waals surface area contributed by atoms with E-state index in [0.717, 1.165) is 29.4 Å². The van der Waals surface area contributed by atoms with Crippen molar-refractivity contribution in [1.82, 2.24) is 8.75 Å². The van der Waals surface area contributed by atoms with Crippen LogP contribution in [0, 0.1) is 0 Å². The molecule has 0 fully saturated rings. The van der Waals surface area contributed by atoms with Crippen LogP contribution in [-0.2, 0) is 4.74 Å². The van der Waals surface area contributed by atoms with Gasteiger partial charge in [0.15, 0.2) is 0 Å². The first-order chi connectivity index (χ1) is 9.34. The molecule has 0 saturated heterocycles. The first-order valence-electron chi connectivity index (χ1n) is 6.26. The zero-order valence-corrected chi connectivity index (χ0v) is 14.2. The summed E-state index contributed by atoms with van der Waals surface area (Å²) in [5, 5.41) is 4.47. The van der Waals surface area contributed by atoms with Gasteiger partial charge in [-0.15, -0.1) is 0 Å². The van der Waals surface area contributed by atoms with E-state index in [2.05, 4.69) is 34.8 Å². The van der Waals surface area contributed by atoms with Gasteiger partial charge in [0.2, 0.25) is 0 Å². The summed E-state index contributed by atoms with van der Waals surface area (Å²) in [7, 11) is 1.71. The lowest BCUT2D eigenvalue weighted by atomic mass is 9.99. The van der Waals surface area contributed by atoms with Crippen LogP contribution in [0.1, 0.15) is 27.2 Å². The summed E-state index contributed by atoms with van der Waals surface area (Å²) >= 11 is 13.5. The van der Waals surface area contributed by atoms with E-state index in [-0.39, 0.29) is 11.6 Å². The predicted molar refractivity (Wildman–Crippen MR) is 86.2 cm³/mol. The van der Waals surface area contributed by atoms with Crippen LogP contribution in [0.15, 0.2) is 6.07 Å². The smallest absolute Gasteiger partial charge is 0.130 e. The number of halogens is 2. The SMILES string of the molecule is COC(C)(C)CC(C)Nc1c(Cl)cc(Cl)c2nsnc12. The molecule has 0 aliphatic heterocycles. The third-order valence-corrected chi connectivity index (χ3v) is 4.30. The van der Waals surface area contributed by atoms with E-state index in [1.54, 1.807) is 13.2 Å². The van der Waals surface area contributed by atoms with E-state index in [9.17, 15) is 0 Å². The lowest BCUT2D eigenvalue weighted by molar-refractivity contribution is 0.0128. The van der Waals surface area contributed by atoms with Crippen LogP contribution in [0.4, 0.5) is 5.69 Å². The maximum absolute atomic E-state index is 6.27. The molecular formula is C13H17Cl2N3OS. The van der Waals surface area contributed by atoms with E-state index < -0.39 is 0 Å². The highest BCUT2D eigenvalue weighted by molar-refractivity contribution is 7.00. The van der Waals surface area contributed by atoms with Crippen molar-refractivity contribution < 1.29 is 4.74 Å². The Hall–Kier alpha value is -0.620. The Labute approximate surface area is 132 Å². The highest BCUT2D eigenvalue weighted by Gasteiger charge is 2.22. The first-order valence-corrected chi connectivity index (χ1v) is 7.74. The molecule has 1 aromatic heterocycles. The highest BCUT2D eigenvalue weighted by Crippen LogP contribution is 2.36. The highest BCUT2D eigenvalue weighted by atomic mass is 35.5. The van der Waals surface area contributed by atoms with E-state index in [4.69, 9.17) is 27.9 Å². The van der Waals surface area contributed by atoms with Crippen molar-refractivity contribution in [2.45, 2.75) is 38.8 Å². The summed E-state index contributed by atoms with van der Waals surface area (Å²) in [5.74, 6) is 0. The number of ether oxygens (including phenoxy) is 1. The van der Waals surface area contributed by atoms with Crippen LogP contribution in [0.2, 0.25) is 10.0 Å². The molecule has 0 aliphatic rings.